The standard InChI is InChI=1S/C12H15BrO3/c1-12(2,3)11(15)8-5-7(13)6-9(16-4)10(8)14/h5-6,14H,1-4H3. The number of carbonyl (C=O) groups is 1. The number of methoxy groups -OCH3 is 1. The van der Waals surface area contributed by atoms with E-state index in [-0.39, 0.29) is 17.1 Å². The molecule has 3 nitrogen and oxygen atoms in total. The maximum absolute atomic E-state index is 12.1. The number of rotatable bonds is 2. The topological polar surface area (TPSA) is 46.5 Å². The molecule has 4 heteroatoms. The minimum Gasteiger partial charge on any atom is -0.504 e. The molecule has 0 unspecified atom stereocenters. The van der Waals surface area contributed by atoms with Crippen molar-refractivity contribution >= 4 is 21.7 Å². The Bertz CT molecular complexity index is 419. The maximum atomic E-state index is 12.1. The molecule has 0 fully saturated rings. The number of hydrogen-bond acceptors (Lipinski definition) is 3. The Morgan fingerprint density at radius 2 is 1.94 bits per heavy atom. The van der Waals surface area contributed by atoms with Crippen LogP contribution < -0.4 is 4.74 Å². The van der Waals surface area contributed by atoms with E-state index in [9.17, 15) is 9.90 Å². The predicted molar refractivity (Wildman–Crippen MR) is 66.1 cm³/mol. The van der Waals surface area contributed by atoms with Gasteiger partial charge < -0.3 is 9.84 Å². The molecular weight excluding hydrogens is 272 g/mol. The summed E-state index contributed by atoms with van der Waals surface area (Å²) in [5.74, 6) is 0.0669. The average Bonchev–Trinajstić information content (AvgIpc) is 2.18. The van der Waals surface area contributed by atoms with E-state index < -0.39 is 5.41 Å². The zero-order chi connectivity index (χ0) is 12.5. The minimum absolute atomic E-state index is 0.106. The summed E-state index contributed by atoms with van der Waals surface area (Å²) >= 11 is 3.28. The lowest BCUT2D eigenvalue weighted by Crippen LogP contribution is -2.20. The fourth-order valence-corrected chi connectivity index (χ4v) is 1.74. The Balaban J connectivity index is 3.34. The summed E-state index contributed by atoms with van der Waals surface area (Å²) in [6, 6.07) is 3.22. The number of phenols is 1. The normalized spacial score (nSPS) is 11.3. The SMILES string of the molecule is COc1cc(Br)cc(C(=O)C(C)(C)C)c1O. The third-order valence-corrected chi connectivity index (χ3v) is 2.64. The third-order valence-electron chi connectivity index (χ3n) is 2.19. The van der Waals surface area contributed by atoms with Crippen molar-refractivity contribution in [3.05, 3.63) is 22.2 Å². The second kappa shape index (κ2) is 4.45. The molecule has 0 heterocycles. The predicted octanol–water partition coefficient (Wildman–Crippen LogP) is 3.39. The number of aromatic hydroxyl groups is 1. The van der Waals surface area contributed by atoms with Crippen LogP contribution in [0.3, 0.4) is 0 Å². The molecule has 0 radical (unpaired) electrons. The Kier molecular flexibility index (Phi) is 3.63. The Hall–Kier alpha value is -1.03. The summed E-state index contributed by atoms with van der Waals surface area (Å²) in [5, 5.41) is 9.88. The number of hydrogen-bond donors (Lipinski definition) is 1. The van der Waals surface area contributed by atoms with Crippen molar-refractivity contribution in [1.29, 1.82) is 0 Å². The average molecular weight is 287 g/mol. The molecule has 0 spiro atoms. The van der Waals surface area contributed by atoms with Crippen LogP contribution in [0.15, 0.2) is 16.6 Å². The van der Waals surface area contributed by atoms with Crippen molar-refractivity contribution in [1.82, 2.24) is 0 Å². The highest BCUT2D eigenvalue weighted by Gasteiger charge is 2.27. The first-order chi connectivity index (χ1) is 7.27. The lowest BCUT2D eigenvalue weighted by atomic mass is 9.86. The van der Waals surface area contributed by atoms with Crippen LogP contribution in [0, 0.1) is 5.41 Å². The highest BCUT2D eigenvalue weighted by molar-refractivity contribution is 9.10. The molecule has 0 saturated heterocycles. The zero-order valence-electron chi connectivity index (χ0n) is 9.80. The van der Waals surface area contributed by atoms with E-state index >= 15 is 0 Å². The molecule has 0 aliphatic heterocycles. The van der Waals surface area contributed by atoms with Gasteiger partial charge in [-0.3, -0.25) is 4.79 Å². The molecule has 0 amide bonds. The molecule has 88 valence electrons. The first-order valence-corrected chi connectivity index (χ1v) is 5.68. The van der Waals surface area contributed by atoms with Gasteiger partial charge in [-0.1, -0.05) is 36.7 Å². The molecule has 0 aromatic heterocycles. The van der Waals surface area contributed by atoms with Gasteiger partial charge >= 0.3 is 0 Å². The number of phenolic OH excluding ortho intramolecular Hbond substituents is 1. The number of carbonyl (C=O) groups excluding carboxylic acids is 1. The largest absolute Gasteiger partial charge is 0.504 e. The molecule has 1 rings (SSSR count). The van der Waals surface area contributed by atoms with Gasteiger partial charge in [0, 0.05) is 9.89 Å². The first-order valence-electron chi connectivity index (χ1n) is 4.88. The van der Waals surface area contributed by atoms with Crippen LogP contribution in [-0.4, -0.2) is 18.0 Å². The highest BCUT2D eigenvalue weighted by atomic mass is 79.9. The van der Waals surface area contributed by atoms with E-state index in [2.05, 4.69) is 15.9 Å². The van der Waals surface area contributed by atoms with E-state index in [1.165, 1.54) is 7.11 Å². The van der Waals surface area contributed by atoms with Gasteiger partial charge in [0.25, 0.3) is 0 Å². The Morgan fingerprint density at radius 1 is 1.38 bits per heavy atom. The van der Waals surface area contributed by atoms with Crippen LogP contribution in [-0.2, 0) is 0 Å². The van der Waals surface area contributed by atoms with Gasteiger partial charge in [0.15, 0.2) is 17.3 Å². The van der Waals surface area contributed by atoms with Crippen molar-refractivity contribution in [2.45, 2.75) is 20.8 Å². The molecule has 0 aliphatic rings. The third kappa shape index (κ3) is 2.55. The second-order valence-electron chi connectivity index (χ2n) is 4.58. The van der Waals surface area contributed by atoms with Gasteiger partial charge in [-0.25, -0.2) is 0 Å². The molecule has 0 saturated carbocycles. The van der Waals surface area contributed by atoms with Crippen molar-refractivity contribution in [3.63, 3.8) is 0 Å². The van der Waals surface area contributed by atoms with Gasteiger partial charge in [0.1, 0.15) is 0 Å². The van der Waals surface area contributed by atoms with Crippen LogP contribution in [0.2, 0.25) is 0 Å². The van der Waals surface area contributed by atoms with E-state index in [0.29, 0.717) is 10.2 Å². The van der Waals surface area contributed by atoms with Gasteiger partial charge in [0.2, 0.25) is 0 Å². The lowest BCUT2D eigenvalue weighted by molar-refractivity contribution is 0.0854. The van der Waals surface area contributed by atoms with Gasteiger partial charge in [0.05, 0.1) is 12.7 Å². The van der Waals surface area contributed by atoms with Crippen LogP contribution in [0.5, 0.6) is 11.5 Å². The molecule has 1 aromatic rings. The van der Waals surface area contributed by atoms with Crippen molar-refractivity contribution < 1.29 is 14.6 Å². The highest BCUT2D eigenvalue weighted by Crippen LogP contribution is 2.36. The van der Waals surface area contributed by atoms with Gasteiger partial charge in [-0.15, -0.1) is 0 Å². The van der Waals surface area contributed by atoms with E-state index in [0.717, 1.165) is 0 Å². The second-order valence-corrected chi connectivity index (χ2v) is 5.50. The summed E-state index contributed by atoms with van der Waals surface area (Å²) in [5.41, 5.74) is -0.262. The number of ketones is 1. The smallest absolute Gasteiger partial charge is 0.172 e. The van der Waals surface area contributed by atoms with Crippen molar-refractivity contribution in [3.8, 4) is 11.5 Å². The first kappa shape index (κ1) is 13.0. The number of halogens is 1. The Labute approximate surface area is 104 Å². The number of benzene rings is 1. The van der Waals surface area contributed by atoms with E-state index in [4.69, 9.17) is 4.74 Å². The molecule has 1 N–H and O–H groups in total. The van der Waals surface area contributed by atoms with E-state index in [1.807, 2.05) is 20.8 Å². The Morgan fingerprint density at radius 3 is 2.38 bits per heavy atom. The van der Waals surface area contributed by atoms with Gasteiger partial charge in [-0.2, -0.15) is 0 Å². The monoisotopic (exact) mass is 286 g/mol. The van der Waals surface area contributed by atoms with Gasteiger partial charge in [-0.05, 0) is 12.1 Å². The molecule has 0 aliphatic carbocycles. The van der Waals surface area contributed by atoms with Crippen LogP contribution in [0.25, 0.3) is 0 Å². The maximum Gasteiger partial charge on any atom is 0.172 e. The fourth-order valence-electron chi connectivity index (χ4n) is 1.31. The molecule has 0 bridgehead atoms. The summed E-state index contributed by atoms with van der Waals surface area (Å²) in [6.07, 6.45) is 0. The number of ether oxygens (including phenoxy) is 1. The number of Topliss-reactive ketones (excluding diaryl/α,β-unsaturated/α-hetero) is 1. The molecule has 16 heavy (non-hydrogen) atoms. The molecule has 1 aromatic carbocycles. The minimum atomic E-state index is -0.538. The van der Waals surface area contributed by atoms with Crippen LogP contribution >= 0.6 is 15.9 Å². The van der Waals surface area contributed by atoms with E-state index in [1.54, 1.807) is 12.1 Å². The summed E-state index contributed by atoms with van der Waals surface area (Å²) in [7, 11) is 1.45. The van der Waals surface area contributed by atoms with Crippen LogP contribution in [0.4, 0.5) is 0 Å². The van der Waals surface area contributed by atoms with Crippen molar-refractivity contribution in [2.24, 2.45) is 5.41 Å². The summed E-state index contributed by atoms with van der Waals surface area (Å²) in [6.45, 7) is 5.42. The summed E-state index contributed by atoms with van der Waals surface area (Å²) < 4.78 is 5.70. The molecule has 0 atom stereocenters. The van der Waals surface area contributed by atoms with Crippen molar-refractivity contribution in [2.75, 3.05) is 7.11 Å². The molecular formula is C12H15BrO3. The fraction of sp³-hybridized carbons (Fsp3) is 0.417. The van der Waals surface area contributed by atoms with Crippen LogP contribution in [0.1, 0.15) is 31.1 Å². The zero-order valence-corrected chi connectivity index (χ0v) is 11.4. The quantitative estimate of drug-likeness (QED) is 0.848. The lowest BCUT2D eigenvalue weighted by Gasteiger charge is -2.18. The summed E-state index contributed by atoms with van der Waals surface area (Å²) in [4.78, 5) is 12.1.